The van der Waals surface area contributed by atoms with Gasteiger partial charge in [-0.05, 0) is 76.6 Å². The molecule has 7 rings (SSSR count). The number of likely N-dealkylation sites (tertiary alicyclic amines) is 1. The highest BCUT2D eigenvalue weighted by atomic mass is 32.1. The molecule has 4 aromatic heterocycles. The van der Waals surface area contributed by atoms with E-state index in [4.69, 9.17) is 29.7 Å². The maximum absolute atomic E-state index is 13.2. The largest absolute Gasteiger partial charge is 0.473 e. The Morgan fingerprint density at radius 2 is 2.12 bits per heavy atom. The maximum atomic E-state index is 13.2. The highest BCUT2D eigenvalue weighted by Crippen LogP contribution is 2.47. The molecule has 4 atom stereocenters. The molecule has 13 nitrogen and oxygen atoms in total. The van der Waals surface area contributed by atoms with E-state index in [1.54, 1.807) is 35.0 Å². The van der Waals surface area contributed by atoms with Crippen molar-refractivity contribution in [1.29, 1.82) is 5.26 Å². The number of hydrogen-bond donors (Lipinski definition) is 1. The lowest BCUT2D eigenvalue weighted by atomic mass is 9.81. The lowest BCUT2D eigenvalue weighted by Crippen LogP contribution is -2.49. The minimum atomic E-state index is -0.185. The molecule has 3 aliphatic rings. The number of amides is 1. The zero-order valence-electron chi connectivity index (χ0n) is 29.4. The average Bonchev–Trinajstić information content (AvgIpc) is 3.87. The summed E-state index contributed by atoms with van der Waals surface area (Å²) >= 11 is 1.50. The summed E-state index contributed by atoms with van der Waals surface area (Å²) in [5.41, 5.74) is 9.61. The molecule has 1 amide bonds. The molecule has 0 spiro atoms. The van der Waals surface area contributed by atoms with Gasteiger partial charge in [-0.2, -0.15) is 15.3 Å². The van der Waals surface area contributed by atoms with Gasteiger partial charge in [0.2, 0.25) is 5.88 Å². The van der Waals surface area contributed by atoms with Crippen LogP contribution in [0, 0.1) is 17.2 Å². The number of carbonyl (C=O) groups is 1. The van der Waals surface area contributed by atoms with Gasteiger partial charge in [0, 0.05) is 41.7 Å². The minimum Gasteiger partial charge on any atom is -0.473 e. The third-order valence-corrected chi connectivity index (χ3v) is 11.7. The van der Waals surface area contributed by atoms with Crippen LogP contribution in [-0.2, 0) is 17.6 Å². The van der Waals surface area contributed by atoms with E-state index in [1.165, 1.54) is 11.3 Å². The quantitative estimate of drug-likeness (QED) is 0.218. The first kappa shape index (κ1) is 34.1. The van der Waals surface area contributed by atoms with E-state index in [1.807, 2.05) is 0 Å². The first-order valence-electron chi connectivity index (χ1n) is 17.6. The summed E-state index contributed by atoms with van der Waals surface area (Å²) in [6, 6.07) is 6.07. The number of nitrogen functional groups attached to an aromatic ring is 1. The fourth-order valence-corrected chi connectivity index (χ4v) is 8.84. The number of hydrogen-bond acceptors (Lipinski definition) is 12. The van der Waals surface area contributed by atoms with Crippen LogP contribution < -0.4 is 10.5 Å². The SMILES string of the molecule is CCCCc1c(-c2nc(O[C@@H](C)[C@@H]3[C@@H](C)CCN3C)cc(-n3ccc(C(=O)N(C)C4COC4)n3)n2)noc1[C@H]1CCCc2sc(N)c(C#N)c21. The van der Waals surface area contributed by atoms with Gasteiger partial charge in [-0.15, -0.1) is 11.3 Å². The van der Waals surface area contributed by atoms with Crippen LogP contribution in [0.5, 0.6) is 5.88 Å². The molecule has 264 valence electrons. The van der Waals surface area contributed by atoms with Crippen LogP contribution in [0.1, 0.15) is 96.6 Å². The van der Waals surface area contributed by atoms with Crippen molar-refractivity contribution in [2.24, 2.45) is 5.92 Å². The van der Waals surface area contributed by atoms with Crippen molar-refractivity contribution in [3.8, 4) is 29.3 Å². The molecule has 14 heteroatoms. The Bertz CT molecular complexity index is 1900. The molecule has 6 heterocycles. The number of unbranched alkanes of at least 4 members (excludes halogenated alkanes) is 1. The molecule has 0 bridgehead atoms. The van der Waals surface area contributed by atoms with E-state index < -0.39 is 0 Å². The van der Waals surface area contributed by atoms with Crippen LogP contribution in [0.4, 0.5) is 5.00 Å². The molecule has 1 aliphatic carbocycles. The number of nitrogens with zero attached hydrogens (tertiary/aromatic N) is 8. The Kier molecular flexibility index (Phi) is 9.65. The van der Waals surface area contributed by atoms with E-state index in [-0.39, 0.29) is 30.0 Å². The van der Waals surface area contributed by atoms with Gasteiger partial charge in [-0.25, -0.2) is 9.67 Å². The first-order chi connectivity index (χ1) is 24.2. The number of carbonyl (C=O) groups excluding carboxylic acids is 1. The Hall–Kier alpha value is -4.32. The monoisotopic (exact) mass is 699 g/mol. The third-order valence-electron chi connectivity index (χ3n) is 10.6. The Labute approximate surface area is 296 Å². The highest BCUT2D eigenvalue weighted by molar-refractivity contribution is 7.16. The fraction of sp³-hybridized carbons (Fsp3) is 0.556. The molecule has 4 aromatic rings. The van der Waals surface area contributed by atoms with E-state index in [0.29, 0.717) is 65.0 Å². The number of rotatable bonds is 11. The maximum Gasteiger partial charge on any atom is 0.274 e. The van der Waals surface area contributed by atoms with Crippen molar-refractivity contribution in [3.63, 3.8) is 0 Å². The number of ether oxygens (including phenoxy) is 2. The number of aryl methyl sites for hydroxylation is 1. The summed E-state index contributed by atoms with van der Waals surface area (Å²) in [5.74, 6) is 2.08. The zero-order valence-corrected chi connectivity index (χ0v) is 30.2. The molecule has 0 unspecified atom stereocenters. The second kappa shape index (κ2) is 14.1. The Morgan fingerprint density at radius 3 is 2.82 bits per heavy atom. The average molecular weight is 700 g/mol. The van der Waals surface area contributed by atoms with Gasteiger partial charge in [0.15, 0.2) is 23.0 Å². The van der Waals surface area contributed by atoms with E-state index in [2.05, 4.69) is 49.0 Å². The van der Waals surface area contributed by atoms with Gasteiger partial charge in [-0.1, -0.05) is 25.4 Å². The number of nitrogens with two attached hydrogens (primary N) is 1. The van der Waals surface area contributed by atoms with Crippen molar-refractivity contribution in [2.45, 2.75) is 89.8 Å². The first-order valence-corrected chi connectivity index (χ1v) is 18.5. The van der Waals surface area contributed by atoms with Gasteiger partial charge in [0.05, 0.1) is 24.8 Å². The number of anilines is 1. The van der Waals surface area contributed by atoms with Crippen molar-refractivity contribution >= 4 is 22.2 Å². The molecular weight excluding hydrogens is 655 g/mol. The number of thiophene rings is 1. The van der Waals surface area contributed by atoms with Gasteiger partial charge < -0.3 is 24.6 Å². The van der Waals surface area contributed by atoms with E-state index in [0.717, 1.165) is 66.8 Å². The predicted octanol–water partition coefficient (Wildman–Crippen LogP) is 5.22. The van der Waals surface area contributed by atoms with Gasteiger partial charge >= 0.3 is 0 Å². The molecule has 50 heavy (non-hydrogen) atoms. The highest BCUT2D eigenvalue weighted by Gasteiger charge is 2.36. The zero-order chi connectivity index (χ0) is 35.1. The predicted molar refractivity (Wildman–Crippen MR) is 188 cm³/mol. The summed E-state index contributed by atoms with van der Waals surface area (Å²) in [6.45, 7) is 8.54. The second-order valence-electron chi connectivity index (χ2n) is 13.9. The van der Waals surface area contributed by atoms with Gasteiger partial charge in [0.1, 0.15) is 22.9 Å². The molecule has 2 N–H and O–H groups in total. The third kappa shape index (κ3) is 6.27. The van der Waals surface area contributed by atoms with E-state index in [9.17, 15) is 10.1 Å². The van der Waals surface area contributed by atoms with Crippen LogP contribution in [0.2, 0.25) is 0 Å². The number of likely N-dealkylation sites (N-methyl/N-ethyl adjacent to an activating group) is 2. The molecule has 0 aromatic carbocycles. The summed E-state index contributed by atoms with van der Waals surface area (Å²) in [4.78, 5) is 28.3. The summed E-state index contributed by atoms with van der Waals surface area (Å²) < 4.78 is 19.7. The molecule has 2 fully saturated rings. The molecule has 2 aliphatic heterocycles. The van der Waals surface area contributed by atoms with Gasteiger partial charge in [0.25, 0.3) is 5.91 Å². The minimum absolute atomic E-state index is 0.0359. The number of aromatic nitrogens is 5. The normalized spacial score (nSPS) is 21.4. The van der Waals surface area contributed by atoms with Crippen LogP contribution in [-0.4, -0.2) is 92.7 Å². The van der Waals surface area contributed by atoms with Crippen molar-refractivity contribution < 1.29 is 18.8 Å². The molecule has 2 saturated heterocycles. The van der Waals surface area contributed by atoms with Crippen molar-refractivity contribution in [2.75, 3.05) is 39.6 Å². The Morgan fingerprint density at radius 1 is 1.30 bits per heavy atom. The number of nitriles is 1. The topological polar surface area (TPSA) is 161 Å². The van der Waals surface area contributed by atoms with Gasteiger partial charge in [-0.3, -0.25) is 9.69 Å². The van der Waals surface area contributed by atoms with Crippen molar-refractivity contribution in [1.82, 2.24) is 34.7 Å². The number of fused-ring (bicyclic) bond motifs is 1. The van der Waals surface area contributed by atoms with Crippen LogP contribution in [0.3, 0.4) is 0 Å². The van der Waals surface area contributed by atoms with Crippen LogP contribution >= 0.6 is 11.3 Å². The lowest BCUT2D eigenvalue weighted by Gasteiger charge is -2.34. The second-order valence-corrected chi connectivity index (χ2v) is 15.1. The summed E-state index contributed by atoms with van der Waals surface area (Å²) in [7, 11) is 3.90. The Balaban J connectivity index is 1.30. The standard InChI is InChI=1S/C36H45N9O4S/c1-6-7-9-24-31(42-49-33(24)23-10-8-11-27-30(23)25(17-37)34(38)50-27)35-39-28(16-29(40-35)48-21(3)32-20(2)12-14-43(32)4)45-15-13-26(41-45)36(46)44(5)22-18-47-19-22/h13,15-16,20-23,32H,6-12,14,18-19,38H2,1-5H3/t20-,21-,23-,32-/m0/s1. The molecular formula is C36H45N9O4S. The van der Waals surface area contributed by atoms with E-state index >= 15 is 0 Å². The molecule has 0 saturated carbocycles. The smallest absolute Gasteiger partial charge is 0.274 e. The van der Waals surface area contributed by atoms with Crippen molar-refractivity contribution in [3.05, 3.63) is 51.4 Å². The lowest BCUT2D eigenvalue weighted by molar-refractivity contribution is -0.0469. The summed E-state index contributed by atoms with van der Waals surface area (Å²) in [6.07, 6.45) is 7.96. The van der Waals surface area contributed by atoms with Crippen LogP contribution in [0.15, 0.2) is 22.9 Å². The fourth-order valence-electron chi connectivity index (χ4n) is 7.72. The molecule has 0 radical (unpaired) electrons. The van der Waals surface area contributed by atoms with Crippen LogP contribution in [0.25, 0.3) is 17.3 Å². The summed E-state index contributed by atoms with van der Waals surface area (Å²) in [5, 5.41) is 19.9.